The molecule has 0 saturated heterocycles. The van der Waals surface area contributed by atoms with E-state index in [-0.39, 0.29) is 0 Å². The Morgan fingerprint density at radius 3 is 3.00 bits per heavy atom. The van der Waals surface area contributed by atoms with Crippen molar-refractivity contribution in [2.75, 3.05) is 13.6 Å². The number of aromatic nitrogens is 4. The van der Waals surface area contributed by atoms with Crippen LogP contribution in [0.1, 0.15) is 24.9 Å². The smallest absolute Gasteiger partial charge is 0.271 e. The lowest BCUT2D eigenvalue weighted by atomic mass is 10.2. The second-order valence-corrected chi connectivity index (χ2v) is 4.42. The van der Waals surface area contributed by atoms with Crippen molar-refractivity contribution in [2.45, 2.75) is 26.2 Å². The fourth-order valence-electron chi connectivity index (χ4n) is 1.46. The zero-order valence-corrected chi connectivity index (χ0v) is 10.8. The number of nitrogens with zero attached hydrogens (tertiary/aromatic N) is 4. The van der Waals surface area contributed by atoms with Crippen LogP contribution in [0.15, 0.2) is 4.52 Å². The lowest BCUT2D eigenvalue weighted by Gasteiger charge is -1.92. The van der Waals surface area contributed by atoms with Gasteiger partial charge in [-0.3, -0.25) is 0 Å². The number of rotatable bonds is 6. The van der Waals surface area contributed by atoms with Crippen molar-refractivity contribution in [3.8, 4) is 10.8 Å². The molecule has 2 aromatic heterocycles. The van der Waals surface area contributed by atoms with Gasteiger partial charge in [-0.05, 0) is 25.0 Å². The van der Waals surface area contributed by atoms with Gasteiger partial charge in [-0.25, -0.2) is 0 Å². The summed E-state index contributed by atoms with van der Waals surface area (Å²) in [5, 5.41) is 11.1. The van der Waals surface area contributed by atoms with Crippen LogP contribution in [0.2, 0.25) is 0 Å². The highest BCUT2D eigenvalue weighted by Crippen LogP contribution is 2.25. The summed E-state index contributed by atoms with van der Waals surface area (Å²) in [7, 11) is 1.90. The molecule has 1 N–H and O–H groups in total. The molecule has 0 aromatic carbocycles. The summed E-state index contributed by atoms with van der Waals surface area (Å²) < 4.78 is 9.17. The summed E-state index contributed by atoms with van der Waals surface area (Å²) in [5.41, 5.74) is 0.946. The Morgan fingerprint density at radius 1 is 1.35 bits per heavy atom. The van der Waals surface area contributed by atoms with Gasteiger partial charge in [0.2, 0.25) is 0 Å². The van der Waals surface area contributed by atoms with E-state index in [2.05, 4.69) is 32.0 Å². The van der Waals surface area contributed by atoms with E-state index < -0.39 is 0 Å². The molecule has 2 aromatic rings. The number of nitrogens with one attached hydrogen (secondary N) is 1. The predicted molar refractivity (Wildman–Crippen MR) is 64.8 cm³/mol. The van der Waals surface area contributed by atoms with Crippen molar-refractivity contribution in [3.05, 3.63) is 11.5 Å². The summed E-state index contributed by atoms with van der Waals surface area (Å²) >= 11 is 1.31. The fraction of sp³-hybridized carbons (Fsp3) is 0.600. The van der Waals surface area contributed by atoms with Gasteiger partial charge in [0, 0.05) is 13.0 Å². The average molecular weight is 253 g/mol. The van der Waals surface area contributed by atoms with Crippen molar-refractivity contribution < 1.29 is 4.52 Å². The molecular formula is C10H15N5OS. The normalized spacial score (nSPS) is 10.9. The minimum Gasteiger partial charge on any atom is -0.333 e. The Hall–Kier alpha value is -1.34. The number of likely N-dealkylation sites (N-methyl/N-ethyl adjacent to an activating group) is 1. The van der Waals surface area contributed by atoms with Crippen molar-refractivity contribution in [3.63, 3.8) is 0 Å². The predicted octanol–water partition coefficient (Wildman–Crippen LogP) is 1.30. The summed E-state index contributed by atoms with van der Waals surface area (Å²) in [5.74, 6) is 1.25. The van der Waals surface area contributed by atoms with E-state index in [4.69, 9.17) is 4.52 Å². The first-order chi connectivity index (χ1) is 8.35. The molecule has 0 spiro atoms. The summed E-state index contributed by atoms with van der Waals surface area (Å²) in [6.07, 6.45) is 2.68. The molecule has 0 aliphatic carbocycles. The van der Waals surface area contributed by atoms with Crippen molar-refractivity contribution in [2.24, 2.45) is 0 Å². The maximum atomic E-state index is 5.23. The highest BCUT2D eigenvalue weighted by Gasteiger charge is 2.16. The van der Waals surface area contributed by atoms with E-state index in [9.17, 15) is 0 Å². The SMILES string of the molecule is CCCc1nnsc1-c1nc(CCNC)no1. The molecule has 0 radical (unpaired) electrons. The molecule has 0 amide bonds. The Bertz CT molecular complexity index is 467. The monoisotopic (exact) mass is 253 g/mol. The van der Waals surface area contributed by atoms with Gasteiger partial charge in [0.05, 0.1) is 5.69 Å². The van der Waals surface area contributed by atoms with Gasteiger partial charge in [-0.15, -0.1) is 5.10 Å². The third-order valence-corrected chi connectivity index (χ3v) is 3.06. The summed E-state index contributed by atoms with van der Waals surface area (Å²) in [6, 6.07) is 0. The van der Waals surface area contributed by atoms with E-state index in [0.717, 1.165) is 36.4 Å². The van der Waals surface area contributed by atoms with Gasteiger partial charge < -0.3 is 9.84 Å². The summed E-state index contributed by atoms with van der Waals surface area (Å²) in [4.78, 5) is 5.24. The van der Waals surface area contributed by atoms with E-state index in [1.807, 2.05) is 7.05 Å². The van der Waals surface area contributed by atoms with Gasteiger partial charge in [0.1, 0.15) is 4.88 Å². The van der Waals surface area contributed by atoms with Crippen LogP contribution in [0, 0.1) is 0 Å². The lowest BCUT2D eigenvalue weighted by Crippen LogP contribution is -2.10. The van der Waals surface area contributed by atoms with E-state index >= 15 is 0 Å². The number of aryl methyl sites for hydroxylation is 1. The molecule has 17 heavy (non-hydrogen) atoms. The third kappa shape index (κ3) is 2.86. The summed E-state index contributed by atoms with van der Waals surface area (Å²) in [6.45, 7) is 2.94. The van der Waals surface area contributed by atoms with Gasteiger partial charge in [0.25, 0.3) is 5.89 Å². The molecule has 6 nitrogen and oxygen atoms in total. The molecule has 2 rings (SSSR count). The van der Waals surface area contributed by atoms with E-state index in [1.54, 1.807) is 0 Å². The maximum Gasteiger partial charge on any atom is 0.271 e. The van der Waals surface area contributed by atoms with Crippen molar-refractivity contribution in [1.82, 2.24) is 25.0 Å². The number of hydrogen-bond donors (Lipinski definition) is 1. The van der Waals surface area contributed by atoms with Crippen molar-refractivity contribution >= 4 is 11.5 Å². The van der Waals surface area contributed by atoms with Crippen LogP contribution in [0.4, 0.5) is 0 Å². The van der Waals surface area contributed by atoms with Gasteiger partial charge in [-0.1, -0.05) is 23.0 Å². The van der Waals surface area contributed by atoms with Crippen molar-refractivity contribution in [1.29, 1.82) is 0 Å². The van der Waals surface area contributed by atoms with Crippen LogP contribution >= 0.6 is 11.5 Å². The van der Waals surface area contributed by atoms with E-state index in [0.29, 0.717) is 11.7 Å². The Balaban J connectivity index is 2.15. The van der Waals surface area contributed by atoms with Crippen LogP contribution in [-0.4, -0.2) is 33.3 Å². The second kappa shape index (κ2) is 5.83. The standard InChI is InChI=1S/C10H15N5OS/c1-3-4-7-9(17-15-13-7)10-12-8(14-16-10)5-6-11-2/h11H,3-6H2,1-2H3. The van der Waals surface area contributed by atoms with Crippen LogP contribution in [-0.2, 0) is 12.8 Å². The largest absolute Gasteiger partial charge is 0.333 e. The molecule has 0 atom stereocenters. The first kappa shape index (κ1) is 12.1. The lowest BCUT2D eigenvalue weighted by molar-refractivity contribution is 0.422. The van der Waals surface area contributed by atoms with Crippen LogP contribution in [0.3, 0.4) is 0 Å². The molecule has 0 unspecified atom stereocenters. The molecule has 0 saturated carbocycles. The van der Waals surface area contributed by atoms with Crippen LogP contribution in [0.5, 0.6) is 0 Å². The molecule has 0 aliphatic heterocycles. The zero-order chi connectivity index (χ0) is 12.1. The minimum atomic E-state index is 0.537. The Kier molecular flexibility index (Phi) is 4.16. The third-order valence-electron chi connectivity index (χ3n) is 2.30. The molecular weight excluding hydrogens is 238 g/mol. The fourth-order valence-corrected chi connectivity index (χ4v) is 2.09. The van der Waals surface area contributed by atoms with E-state index in [1.165, 1.54) is 11.5 Å². The molecule has 0 bridgehead atoms. The quantitative estimate of drug-likeness (QED) is 0.836. The maximum absolute atomic E-state index is 5.23. The van der Waals surface area contributed by atoms with Gasteiger partial charge in [0.15, 0.2) is 5.82 Å². The second-order valence-electron chi connectivity index (χ2n) is 3.67. The highest BCUT2D eigenvalue weighted by molar-refractivity contribution is 7.09. The molecule has 2 heterocycles. The minimum absolute atomic E-state index is 0.537. The van der Waals surface area contributed by atoms with Gasteiger partial charge >= 0.3 is 0 Å². The average Bonchev–Trinajstić information content (AvgIpc) is 2.95. The first-order valence-corrected chi connectivity index (χ1v) is 6.41. The molecule has 7 heteroatoms. The Labute approximate surface area is 104 Å². The highest BCUT2D eigenvalue weighted by atomic mass is 32.1. The van der Waals surface area contributed by atoms with Crippen LogP contribution < -0.4 is 5.32 Å². The Morgan fingerprint density at radius 2 is 2.24 bits per heavy atom. The first-order valence-electron chi connectivity index (χ1n) is 5.64. The topological polar surface area (TPSA) is 76.7 Å². The molecule has 0 fully saturated rings. The molecule has 92 valence electrons. The number of hydrogen-bond acceptors (Lipinski definition) is 7. The molecule has 0 aliphatic rings. The van der Waals surface area contributed by atoms with Gasteiger partial charge in [-0.2, -0.15) is 4.98 Å². The van der Waals surface area contributed by atoms with Crippen LogP contribution in [0.25, 0.3) is 10.8 Å². The zero-order valence-electron chi connectivity index (χ0n) is 9.93.